The Balaban J connectivity index is 1.59. The summed E-state index contributed by atoms with van der Waals surface area (Å²) in [4.78, 5) is 19.0. The Morgan fingerprint density at radius 2 is 1.97 bits per heavy atom. The van der Waals surface area contributed by atoms with Crippen LogP contribution in [0.4, 0.5) is 0 Å². The van der Waals surface area contributed by atoms with Crippen LogP contribution >= 0.6 is 0 Å². The number of rotatable bonds is 7. The van der Waals surface area contributed by atoms with E-state index in [9.17, 15) is 4.79 Å². The monoisotopic (exact) mass is 394 g/mol. The summed E-state index contributed by atoms with van der Waals surface area (Å²) in [6.45, 7) is 4.12. The maximum absolute atomic E-state index is 12.4. The molecule has 1 saturated heterocycles. The Morgan fingerprint density at radius 1 is 1.17 bits per heavy atom. The minimum Gasteiger partial charge on any atom is -0.370 e. The highest BCUT2D eigenvalue weighted by Crippen LogP contribution is 2.31. The lowest BCUT2D eigenvalue weighted by atomic mass is 10.0. The molecule has 1 atom stereocenters. The van der Waals surface area contributed by atoms with Crippen LogP contribution < -0.4 is 10.2 Å². The zero-order chi connectivity index (χ0) is 20.1. The molecular weight excluding hydrogens is 368 g/mol. The van der Waals surface area contributed by atoms with Gasteiger partial charge in [-0.05, 0) is 55.8 Å². The van der Waals surface area contributed by atoms with Gasteiger partial charge in [0, 0.05) is 5.56 Å². The van der Waals surface area contributed by atoms with Gasteiger partial charge in [0.05, 0.1) is 17.8 Å². The number of carbonyl (C=O) groups excluding carboxylic acids is 1. The van der Waals surface area contributed by atoms with Gasteiger partial charge in [-0.15, -0.1) is 5.10 Å². The second-order valence-corrected chi connectivity index (χ2v) is 7.28. The van der Waals surface area contributed by atoms with Crippen molar-refractivity contribution in [1.82, 2.24) is 20.5 Å². The van der Waals surface area contributed by atoms with Gasteiger partial charge in [0.15, 0.2) is 0 Å². The molecule has 152 valence electrons. The van der Waals surface area contributed by atoms with E-state index in [-0.39, 0.29) is 12.2 Å². The van der Waals surface area contributed by atoms with Crippen molar-refractivity contribution in [3.63, 3.8) is 0 Å². The van der Waals surface area contributed by atoms with E-state index in [2.05, 4.69) is 22.6 Å². The predicted molar refractivity (Wildman–Crippen MR) is 110 cm³/mol. The molecule has 0 aliphatic carbocycles. The van der Waals surface area contributed by atoms with Crippen molar-refractivity contribution < 1.29 is 14.4 Å². The number of benzene rings is 2. The molecule has 7 heteroatoms. The number of hydrogen-bond acceptors (Lipinski definition) is 6. The van der Waals surface area contributed by atoms with Crippen molar-refractivity contribution >= 4 is 17.0 Å². The molecule has 1 N–H and O–H groups in total. The van der Waals surface area contributed by atoms with Crippen molar-refractivity contribution in [2.24, 2.45) is 0 Å². The summed E-state index contributed by atoms with van der Waals surface area (Å²) in [5.41, 5.74) is 2.82. The van der Waals surface area contributed by atoms with Crippen LogP contribution in [0, 0.1) is 0 Å². The summed E-state index contributed by atoms with van der Waals surface area (Å²) in [6.07, 6.45) is 4.12. The molecule has 4 rings (SSSR count). The van der Waals surface area contributed by atoms with Gasteiger partial charge in [0.1, 0.15) is 11.0 Å². The summed E-state index contributed by atoms with van der Waals surface area (Å²) in [7, 11) is 0. The van der Waals surface area contributed by atoms with E-state index in [1.54, 1.807) is 24.3 Å². The van der Waals surface area contributed by atoms with E-state index in [1.165, 1.54) is 4.85 Å². The minimum atomic E-state index is -0.473. The number of fused-ring (bicyclic) bond motifs is 1. The number of nitrogens with one attached hydrogen (secondary N) is 1. The standard InChI is InChI=1S/C22H26N4O3/c1-2-7-20(28-17-12-14-23-15-13-17)18-10-6-11-19-21(18)24-25-26(19)29-22(27)16-8-4-3-5-9-16/h3-6,8-11,17,20,23H,2,7,12-15H2,1H3. The molecule has 2 aromatic carbocycles. The maximum atomic E-state index is 12.4. The lowest BCUT2D eigenvalue weighted by Gasteiger charge is -2.28. The van der Waals surface area contributed by atoms with E-state index >= 15 is 0 Å². The third-order valence-electron chi connectivity index (χ3n) is 5.20. The Hall–Kier alpha value is -2.77. The fourth-order valence-corrected chi connectivity index (χ4v) is 3.70. The fraction of sp³-hybridized carbons (Fsp3) is 0.409. The topological polar surface area (TPSA) is 78.3 Å². The number of hydrogen-bond donors (Lipinski definition) is 1. The largest absolute Gasteiger partial charge is 0.370 e. The molecule has 1 aliphatic heterocycles. The molecule has 29 heavy (non-hydrogen) atoms. The minimum absolute atomic E-state index is 0.0539. The molecule has 1 fully saturated rings. The first-order valence-electron chi connectivity index (χ1n) is 10.2. The van der Waals surface area contributed by atoms with Crippen LogP contribution in [0.3, 0.4) is 0 Å². The van der Waals surface area contributed by atoms with Crippen LogP contribution in [-0.2, 0) is 4.74 Å². The van der Waals surface area contributed by atoms with E-state index in [0.29, 0.717) is 16.6 Å². The summed E-state index contributed by atoms with van der Waals surface area (Å²) >= 11 is 0. The van der Waals surface area contributed by atoms with E-state index in [0.717, 1.165) is 44.3 Å². The van der Waals surface area contributed by atoms with Gasteiger partial charge in [-0.2, -0.15) is 0 Å². The number of piperidine rings is 1. The molecule has 7 nitrogen and oxygen atoms in total. The van der Waals surface area contributed by atoms with Gasteiger partial charge in [-0.25, -0.2) is 4.79 Å². The van der Waals surface area contributed by atoms with Gasteiger partial charge in [-0.3, -0.25) is 0 Å². The van der Waals surface area contributed by atoms with Gasteiger partial charge in [0.25, 0.3) is 0 Å². The lowest BCUT2D eigenvalue weighted by Crippen LogP contribution is -2.33. The number of aromatic nitrogens is 3. The molecule has 2 heterocycles. The third-order valence-corrected chi connectivity index (χ3v) is 5.20. The average molecular weight is 394 g/mol. The zero-order valence-corrected chi connectivity index (χ0v) is 16.6. The van der Waals surface area contributed by atoms with Crippen LogP contribution in [0.5, 0.6) is 0 Å². The molecule has 0 spiro atoms. The first kappa shape index (κ1) is 19.5. The van der Waals surface area contributed by atoms with Crippen molar-refractivity contribution in [3.8, 4) is 0 Å². The summed E-state index contributed by atoms with van der Waals surface area (Å²) < 4.78 is 6.46. The molecule has 1 aliphatic rings. The van der Waals surface area contributed by atoms with Gasteiger partial charge in [0.2, 0.25) is 0 Å². The SMILES string of the molecule is CCCC(OC1CCNCC1)c1cccc2c1nnn2OC(=O)c1ccccc1. The van der Waals surface area contributed by atoms with Crippen molar-refractivity contribution in [2.45, 2.75) is 44.8 Å². The maximum Gasteiger partial charge on any atom is 0.365 e. The highest BCUT2D eigenvalue weighted by molar-refractivity contribution is 5.90. The Labute approximate surface area is 170 Å². The van der Waals surface area contributed by atoms with Crippen molar-refractivity contribution in [2.75, 3.05) is 13.1 Å². The first-order valence-corrected chi connectivity index (χ1v) is 10.2. The van der Waals surface area contributed by atoms with Crippen molar-refractivity contribution in [3.05, 3.63) is 59.7 Å². The molecule has 1 aromatic heterocycles. The third kappa shape index (κ3) is 4.46. The van der Waals surface area contributed by atoms with E-state index in [1.807, 2.05) is 24.3 Å². The van der Waals surface area contributed by atoms with Crippen LogP contribution in [0.25, 0.3) is 11.0 Å². The average Bonchev–Trinajstić information content (AvgIpc) is 3.18. The Kier molecular flexibility index (Phi) is 6.17. The number of carbonyl (C=O) groups is 1. The van der Waals surface area contributed by atoms with Gasteiger partial charge >= 0.3 is 5.97 Å². The molecule has 1 unspecified atom stereocenters. The van der Waals surface area contributed by atoms with Crippen LogP contribution in [-0.4, -0.2) is 40.3 Å². The molecule has 0 bridgehead atoms. The number of nitrogens with zero attached hydrogens (tertiary/aromatic N) is 3. The second kappa shape index (κ2) is 9.15. The molecule has 0 amide bonds. The molecule has 0 radical (unpaired) electrons. The summed E-state index contributed by atoms with van der Waals surface area (Å²) in [5, 5.41) is 11.7. The Bertz CT molecular complexity index is 951. The van der Waals surface area contributed by atoms with Crippen LogP contribution in [0.15, 0.2) is 48.5 Å². The molecular formula is C22H26N4O3. The molecule has 3 aromatic rings. The van der Waals surface area contributed by atoms with Gasteiger partial charge in [-0.1, -0.05) is 48.5 Å². The highest BCUT2D eigenvalue weighted by atomic mass is 16.7. The smallest absolute Gasteiger partial charge is 0.365 e. The highest BCUT2D eigenvalue weighted by Gasteiger charge is 2.23. The summed E-state index contributed by atoms with van der Waals surface area (Å²) in [5.74, 6) is -0.473. The van der Waals surface area contributed by atoms with Gasteiger partial charge < -0.3 is 14.9 Å². The normalized spacial score (nSPS) is 16.0. The lowest BCUT2D eigenvalue weighted by molar-refractivity contribution is -0.0315. The van der Waals surface area contributed by atoms with E-state index < -0.39 is 5.97 Å². The fourth-order valence-electron chi connectivity index (χ4n) is 3.70. The second-order valence-electron chi connectivity index (χ2n) is 7.28. The predicted octanol–water partition coefficient (Wildman–Crippen LogP) is 3.31. The Morgan fingerprint density at radius 3 is 2.72 bits per heavy atom. The van der Waals surface area contributed by atoms with E-state index in [4.69, 9.17) is 9.57 Å². The first-order chi connectivity index (χ1) is 14.3. The van der Waals surface area contributed by atoms with Crippen LogP contribution in [0.1, 0.15) is 54.6 Å². The molecule has 0 saturated carbocycles. The number of ether oxygens (including phenoxy) is 1. The van der Waals surface area contributed by atoms with Crippen LogP contribution in [0.2, 0.25) is 0 Å². The zero-order valence-electron chi connectivity index (χ0n) is 16.6. The summed E-state index contributed by atoms with van der Waals surface area (Å²) in [6, 6.07) is 14.7. The quantitative estimate of drug-likeness (QED) is 0.620. The van der Waals surface area contributed by atoms with Crippen molar-refractivity contribution in [1.29, 1.82) is 0 Å².